The molecule has 4 nitrogen and oxygen atoms in total. The minimum absolute atomic E-state index is 0.749. The average molecular weight is 286 g/mol. The molecule has 1 aromatic rings. The Balaban J connectivity index is 1.50. The van der Waals surface area contributed by atoms with E-state index in [-0.39, 0.29) is 0 Å². The van der Waals surface area contributed by atoms with Gasteiger partial charge in [-0.25, -0.2) is 0 Å². The summed E-state index contributed by atoms with van der Waals surface area (Å²) in [7, 11) is 0. The maximum atomic E-state index is 5.98. The Morgan fingerprint density at radius 3 is 2.86 bits per heavy atom. The van der Waals surface area contributed by atoms with Gasteiger partial charge in [-0.2, -0.15) is 0 Å². The van der Waals surface area contributed by atoms with E-state index in [1.54, 1.807) is 0 Å². The molecule has 0 unspecified atom stereocenters. The molecule has 1 aromatic carbocycles. The van der Waals surface area contributed by atoms with Crippen LogP contribution in [-0.4, -0.2) is 57.1 Å². The Kier molecular flexibility index (Phi) is 5.03. The number of rotatable bonds is 6. The highest BCUT2D eigenvalue weighted by molar-refractivity contribution is 6.12. The number of para-hydroxylation sites is 1. The Hall–Kier alpha value is -1.65. The van der Waals surface area contributed by atoms with E-state index in [1.165, 1.54) is 5.57 Å². The molecule has 0 bridgehead atoms. The number of morpholine rings is 1. The van der Waals surface area contributed by atoms with Crippen molar-refractivity contribution < 1.29 is 9.47 Å². The van der Waals surface area contributed by atoms with Crippen LogP contribution in [0, 0.1) is 0 Å². The van der Waals surface area contributed by atoms with Crippen molar-refractivity contribution in [2.75, 3.05) is 46.0 Å². The van der Waals surface area contributed by atoms with Crippen molar-refractivity contribution in [3.63, 3.8) is 0 Å². The van der Waals surface area contributed by atoms with E-state index in [0.29, 0.717) is 0 Å². The fraction of sp³-hybridized carbons (Fsp3) is 0.471. The minimum atomic E-state index is 0.749. The molecular weight excluding hydrogens is 264 g/mol. The van der Waals surface area contributed by atoms with Crippen LogP contribution in [0.3, 0.4) is 0 Å². The molecule has 21 heavy (non-hydrogen) atoms. The lowest BCUT2D eigenvalue weighted by Gasteiger charge is -2.26. The van der Waals surface area contributed by atoms with Gasteiger partial charge in [0.05, 0.1) is 26.4 Å². The van der Waals surface area contributed by atoms with Crippen molar-refractivity contribution in [3.05, 3.63) is 35.9 Å². The first-order chi connectivity index (χ1) is 10.4. The summed E-state index contributed by atoms with van der Waals surface area (Å²) in [4.78, 5) is 6.68. The molecule has 2 aliphatic heterocycles. The lowest BCUT2D eigenvalue weighted by Crippen LogP contribution is -2.37. The monoisotopic (exact) mass is 286 g/mol. The van der Waals surface area contributed by atoms with Gasteiger partial charge in [-0.3, -0.25) is 9.89 Å². The van der Waals surface area contributed by atoms with Gasteiger partial charge in [-0.05, 0) is 12.5 Å². The molecule has 2 aliphatic rings. The van der Waals surface area contributed by atoms with Crippen LogP contribution in [0.1, 0.15) is 12.0 Å². The Labute approximate surface area is 126 Å². The zero-order valence-corrected chi connectivity index (χ0v) is 12.3. The predicted molar refractivity (Wildman–Crippen MR) is 85.1 cm³/mol. The number of hydrogen-bond acceptors (Lipinski definition) is 4. The zero-order valence-electron chi connectivity index (χ0n) is 12.3. The van der Waals surface area contributed by atoms with Gasteiger partial charge in [0, 0.05) is 37.0 Å². The number of aliphatic imine (C=N–C) groups is 1. The smallest absolute Gasteiger partial charge is 0.127 e. The van der Waals surface area contributed by atoms with Crippen LogP contribution in [0.2, 0.25) is 0 Å². The number of allylic oxidation sites excluding steroid dienone is 1. The second-order valence-electron chi connectivity index (χ2n) is 5.31. The van der Waals surface area contributed by atoms with Crippen LogP contribution in [0.5, 0.6) is 5.75 Å². The SMILES string of the molecule is C1=NCC=C1c1ccccc1OCCCN1CCOCC1. The molecule has 1 saturated heterocycles. The highest BCUT2D eigenvalue weighted by Gasteiger charge is 2.11. The Morgan fingerprint density at radius 2 is 2.05 bits per heavy atom. The molecule has 112 valence electrons. The van der Waals surface area contributed by atoms with Crippen molar-refractivity contribution in [1.29, 1.82) is 0 Å². The minimum Gasteiger partial charge on any atom is -0.493 e. The molecule has 0 amide bonds. The number of nitrogens with zero attached hydrogens (tertiary/aromatic N) is 2. The van der Waals surface area contributed by atoms with Gasteiger partial charge in [0.1, 0.15) is 5.75 Å². The van der Waals surface area contributed by atoms with E-state index in [2.05, 4.69) is 22.0 Å². The average Bonchev–Trinajstić information content (AvgIpc) is 3.07. The third-order valence-corrected chi connectivity index (χ3v) is 3.82. The Bertz CT molecular complexity index is 519. The normalized spacial score (nSPS) is 18.8. The largest absolute Gasteiger partial charge is 0.493 e. The van der Waals surface area contributed by atoms with Gasteiger partial charge in [0.25, 0.3) is 0 Å². The lowest BCUT2D eigenvalue weighted by atomic mass is 10.1. The molecule has 0 N–H and O–H groups in total. The van der Waals surface area contributed by atoms with Crippen LogP contribution >= 0.6 is 0 Å². The van der Waals surface area contributed by atoms with Crippen LogP contribution in [0.4, 0.5) is 0 Å². The number of hydrogen-bond donors (Lipinski definition) is 0. The summed E-state index contributed by atoms with van der Waals surface area (Å²) in [5.41, 5.74) is 2.31. The zero-order chi connectivity index (χ0) is 14.3. The van der Waals surface area contributed by atoms with Gasteiger partial charge in [0.2, 0.25) is 0 Å². The van der Waals surface area contributed by atoms with Crippen LogP contribution in [-0.2, 0) is 4.74 Å². The third kappa shape index (κ3) is 3.93. The summed E-state index contributed by atoms with van der Waals surface area (Å²) < 4.78 is 11.3. The number of ether oxygens (including phenoxy) is 2. The summed E-state index contributed by atoms with van der Waals surface area (Å²) in [6.07, 6.45) is 5.10. The summed E-state index contributed by atoms with van der Waals surface area (Å²) in [6, 6.07) is 8.20. The number of benzene rings is 1. The van der Waals surface area contributed by atoms with E-state index in [1.807, 2.05) is 24.4 Å². The second-order valence-corrected chi connectivity index (χ2v) is 5.31. The maximum absolute atomic E-state index is 5.98. The highest BCUT2D eigenvalue weighted by Crippen LogP contribution is 2.26. The van der Waals surface area contributed by atoms with Crippen molar-refractivity contribution in [2.45, 2.75) is 6.42 Å². The van der Waals surface area contributed by atoms with Crippen molar-refractivity contribution in [2.24, 2.45) is 4.99 Å². The lowest BCUT2D eigenvalue weighted by molar-refractivity contribution is 0.0358. The molecule has 3 rings (SSSR count). The molecule has 0 spiro atoms. The predicted octanol–water partition coefficient (Wildman–Crippen LogP) is 2.26. The molecular formula is C17H22N2O2. The maximum Gasteiger partial charge on any atom is 0.127 e. The summed E-state index contributed by atoms with van der Waals surface area (Å²) >= 11 is 0. The van der Waals surface area contributed by atoms with Gasteiger partial charge < -0.3 is 9.47 Å². The van der Waals surface area contributed by atoms with E-state index < -0.39 is 0 Å². The van der Waals surface area contributed by atoms with Crippen molar-refractivity contribution in [3.8, 4) is 5.75 Å². The van der Waals surface area contributed by atoms with Crippen LogP contribution < -0.4 is 4.74 Å². The first-order valence-corrected chi connectivity index (χ1v) is 7.66. The fourth-order valence-corrected chi connectivity index (χ4v) is 2.66. The van der Waals surface area contributed by atoms with Crippen molar-refractivity contribution in [1.82, 2.24) is 4.90 Å². The van der Waals surface area contributed by atoms with E-state index >= 15 is 0 Å². The molecule has 2 heterocycles. The van der Waals surface area contributed by atoms with E-state index in [9.17, 15) is 0 Å². The topological polar surface area (TPSA) is 34.1 Å². The molecule has 4 heteroatoms. The second kappa shape index (κ2) is 7.38. The molecule has 0 aliphatic carbocycles. The van der Waals surface area contributed by atoms with Gasteiger partial charge in [0.15, 0.2) is 0 Å². The van der Waals surface area contributed by atoms with Gasteiger partial charge >= 0.3 is 0 Å². The Morgan fingerprint density at radius 1 is 1.19 bits per heavy atom. The van der Waals surface area contributed by atoms with E-state index in [4.69, 9.17) is 9.47 Å². The summed E-state index contributed by atoms with van der Waals surface area (Å²) in [5.74, 6) is 0.957. The van der Waals surface area contributed by atoms with Gasteiger partial charge in [-0.1, -0.05) is 24.3 Å². The molecule has 0 aromatic heterocycles. The molecule has 0 radical (unpaired) electrons. The van der Waals surface area contributed by atoms with Crippen molar-refractivity contribution >= 4 is 11.8 Å². The first kappa shape index (κ1) is 14.3. The van der Waals surface area contributed by atoms with Gasteiger partial charge in [-0.15, -0.1) is 0 Å². The van der Waals surface area contributed by atoms with Crippen LogP contribution in [0.25, 0.3) is 5.57 Å². The third-order valence-electron chi connectivity index (χ3n) is 3.82. The first-order valence-electron chi connectivity index (χ1n) is 7.66. The standard InChI is InChI=1S/C17H22N2O2/c1-2-5-17(16(4-1)15-6-7-18-14-15)21-11-3-8-19-9-12-20-13-10-19/h1-2,4-6,14H,3,7-13H2. The fourth-order valence-electron chi connectivity index (χ4n) is 2.66. The molecule has 1 fully saturated rings. The van der Waals surface area contributed by atoms with Crippen LogP contribution in [0.15, 0.2) is 35.3 Å². The molecule has 0 saturated carbocycles. The van der Waals surface area contributed by atoms with E-state index in [0.717, 1.165) is 63.7 Å². The highest BCUT2D eigenvalue weighted by atomic mass is 16.5. The summed E-state index contributed by atoms with van der Waals surface area (Å²) in [5, 5.41) is 0. The quantitative estimate of drug-likeness (QED) is 0.752. The summed E-state index contributed by atoms with van der Waals surface area (Å²) in [6.45, 7) is 6.41. The molecule has 0 atom stereocenters.